The molecule has 1 aliphatic rings. The molecule has 0 amide bonds. The first kappa shape index (κ1) is 27.1. The second kappa shape index (κ2) is 11.7. The lowest BCUT2D eigenvalue weighted by Crippen LogP contribution is -2.47. The molecule has 0 atom stereocenters. The van der Waals surface area contributed by atoms with Gasteiger partial charge in [0.25, 0.3) is 0 Å². The Hall–Kier alpha value is -3.52. The van der Waals surface area contributed by atoms with Gasteiger partial charge in [-0.05, 0) is 54.6 Å². The van der Waals surface area contributed by atoms with Crippen LogP contribution in [-0.2, 0) is 10.3 Å². The molecule has 2 heterocycles. The number of benzene rings is 3. The van der Waals surface area contributed by atoms with Gasteiger partial charge >= 0.3 is 5.97 Å². The fraction of sp³-hybridized carbons (Fsp3) is 0.250. The number of likely N-dealkylation sites (tertiary alicyclic amines) is 1. The standard InChI is InChI=1S/C32H32N2O3S2/c1-22-27(23-12-6-3-7-13-23)28(30(35)37-2)29(39-22)33-31(38)34-20-18-26(19-21-34)32(36,24-14-8-4-9-15-24)25-16-10-5-11-17-25/h3-17,26,36H,18-21H2,1-2H3,(H,33,38). The number of thiocarbonyl (C=S) groups is 1. The van der Waals surface area contributed by atoms with Crippen LogP contribution in [-0.4, -0.2) is 41.3 Å². The molecule has 4 aromatic rings. The molecule has 1 fully saturated rings. The SMILES string of the molecule is COC(=O)c1c(NC(=S)N2CCC(C(O)(c3ccccc3)c3ccccc3)CC2)sc(C)c1-c1ccccc1. The van der Waals surface area contributed by atoms with Crippen LogP contribution in [0.1, 0.15) is 39.2 Å². The summed E-state index contributed by atoms with van der Waals surface area (Å²) < 4.78 is 5.16. The van der Waals surface area contributed by atoms with Crippen molar-refractivity contribution in [2.24, 2.45) is 5.92 Å². The molecule has 200 valence electrons. The second-order valence-electron chi connectivity index (χ2n) is 9.78. The minimum absolute atomic E-state index is 0.0284. The number of carbonyl (C=O) groups excluding carboxylic acids is 1. The molecular weight excluding hydrogens is 524 g/mol. The van der Waals surface area contributed by atoms with Gasteiger partial charge in [0.1, 0.15) is 16.2 Å². The Morgan fingerprint density at radius 1 is 0.949 bits per heavy atom. The molecule has 1 aromatic heterocycles. The quantitative estimate of drug-likeness (QED) is 0.200. The summed E-state index contributed by atoms with van der Waals surface area (Å²) in [5.41, 5.74) is 3.06. The average molecular weight is 557 g/mol. The number of nitrogens with zero attached hydrogens (tertiary/aromatic N) is 1. The summed E-state index contributed by atoms with van der Waals surface area (Å²) in [5.74, 6) is -0.362. The maximum Gasteiger partial charge on any atom is 0.341 e. The molecule has 7 heteroatoms. The van der Waals surface area contributed by atoms with Gasteiger partial charge in [0.05, 0.1) is 7.11 Å². The van der Waals surface area contributed by atoms with Gasteiger partial charge < -0.3 is 20.1 Å². The molecule has 1 aliphatic heterocycles. The average Bonchev–Trinajstić information content (AvgIpc) is 3.32. The molecule has 5 nitrogen and oxygen atoms in total. The molecule has 0 spiro atoms. The minimum atomic E-state index is -1.09. The van der Waals surface area contributed by atoms with Crippen LogP contribution in [0.25, 0.3) is 11.1 Å². The highest BCUT2D eigenvalue weighted by molar-refractivity contribution is 7.80. The molecule has 0 saturated carbocycles. The summed E-state index contributed by atoms with van der Waals surface area (Å²) in [6.45, 7) is 3.40. The van der Waals surface area contributed by atoms with E-state index in [-0.39, 0.29) is 5.92 Å². The Bertz CT molecular complexity index is 1390. The van der Waals surface area contributed by atoms with Gasteiger partial charge in [-0.1, -0.05) is 91.0 Å². The summed E-state index contributed by atoms with van der Waals surface area (Å²) >= 11 is 7.34. The number of hydrogen-bond donors (Lipinski definition) is 2. The molecule has 0 bridgehead atoms. The van der Waals surface area contributed by atoms with E-state index in [4.69, 9.17) is 17.0 Å². The summed E-state index contributed by atoms with van der Waals surface area (Å²) in [6.07, 6.45) is 1.54. The highest BCUT2D eigenvalue weighted by Crippen LogP contribution is 2.43. The van der Waals surface area contributed by atoms with Gasteiger partial charge in [0.15, 0.2) is 5.11 Å². The highest BCUT2D eigenvalue weighted by Gasteiger charge is 2.42. The zero-order valence-corrected chi connectivity index (χ0v) is 23.7. The zero-order chi connectivity index (χ0) is 27.4. The molecule has 1 saturated heterocycles. The third-order valence-corrected chi connectivity index (χ3v) is 8.94. The van der Waals surface area contributed by atoms with E-state index >= 15 is 0 Å². The van der Waals surface area contributed by atoms with E-state index in [0.717, 1.165) is 40.0 Å². The maximum atomic E-state index is 12.9. The molecule has 0 unspecified atom stereocenters. The number of aliphatic hydroxyl groups is 1. The fourth-order valence-electron chi connectivity index (χ4n) is 5.58. The Morgan fingerprint density at radius 3 is 1.97 bits per heavy atom. The van der Waals surface area contributed by atoms with Gasteiger partial charge in [0.2, 0.25) is 0 Å². The molecule has 5 rings (SSSR count). The van der Waals surface area contributed by atoms with E-state index in [0.29, 0.717) is 28.8 Å². The Labute approximate surface area is 239 Å². The minimum Gasteiger partial charge on any atom is -0.465 e. The number of piperidine rings is 1. The van der Waals surface area contributed by atoms with Gasteiger partial charge in [0, 0.05) is 23.5 Å². The summed E-state index contributed by atoms with van der Waals surface area (Å²) in [5, 5.41) is 16.8. The topological polar surface area (TPSA) is 61.8 Å². The molecular formula is C32H32N2O3S2. The number of anilines is 1. The van der Waals surface area contributed by atoms with Crippen molar-refractivity contribution in [3.63, 3.8) is 0 Å². The molecule has 0 radical (unpaired) electrons. The summed E-state index contributed by atoms with van der Waals surface area (Å²) in [7, 11) is 1.40. The first-order chi connectivity index (χ1) is 18.9. The first-order valence-corrected chi connectivity index (χ1v) is 14.3. The smallest absolute Gasteiger partial charge is 0.341 e. The van der Waals surface area contributed by atoms with Crippen molar-refractivity contribution < 1.29 is 14.6 Å². The maximum absolute atomic E-state index is 12.9. The van der Waals surface area contributed by atoms with Crippen LogP contribution >= 0.6 is 23.6 Å². The van der Waals surface area contributed by atoms with Crippen LogP contribution in [0.3, 0.4) is 0 Å². The third kappa shape index (κ3) is 5.35. The molecule has 0 aliphatic carbocycles. The van der Waals surface area contributed by atoms with Crippen LogP contribution in [0.4, 0.5) is 5.00 Å². The van der Waals surface area contributed by atoms with Crippen LogP contribution in [0.15, 0.2) is 91.0 Å². The number of rotatable bonds is 6. The van der Waals surface area contributed by atoms with E-state index in [1.165, 1.54) is 18.4 Å². The Kier molecular flexibility index (Phi) is 8.12. The Balaban J connectivity index is 1.36. The number of hydrogen-bond acceptors (Lipinski definition) is 5. The predicted octanol–water partition coefficient (Wildman–Crippen LogP) is 6.86. The van der Waals surface area contributed by atoms with Crippen LogP contribution < -0.4 is 5.32 Å². The van der Waals surface area contributed by atoms with E-state index in [1.807, 2.05) is 97.9 Å². The normalized spacial score (nSPS) is 14.2. The second-order valence-corrected chi connectivity index (χ2v) is 11.4. The van der Waals surface area contributed by atoms with Gasteiger partial charge in [-0.3, -0.25) is 0 Å². The largest absolute Gasteiger partial charge is 0.465 e. The fourth-order valence-corrected chi connectivity index (χ4v) is 6.99. The number of ether oxygens (including phenoxy) is 1. The van der Waals surface area contributed by atoms with Crippen LogP contribution in [0.5, 0.6) is 0 Å². The number of carbonyl (C=O) groups is 1. The van der Waals surface area contributed by atoms with Crippen molar-refractivity contribution >= 4 is 39.6 Å². The van der Waals surface area contributed by atoms with Crippen molar-refractivity contribution in [2.45, 2.75) is 25.4 Å². The van der Waals surface area contributed by atoms with E-state index in [2.05, 4.69) is 10.2 Å². The number of nitrogens with one attached hydrogen (secondary N) is 1. The first-order valence-electron chi connectivity index (χ1n) is 13.1. The summed E-state index contributed by atoms with van der Waals surface area (Å²) in [6, 6.07) is 29.7. The monoisotopic (exact) mass is 556 g/mol. The number of methoxy groups -OCH3 is 1. The molecule has 3 aromatic carbocycles. The lowest BCUT2D eigenvalue weighted by Gasteiger charge is -2.43. The predicted molar refractivity (Wildman–Crippen MR) is 162 cm³/mol. The van der Waals surface area contributed by atoms with Crippen molar-refractivity contribution in [3.05, 3.63) is 113 Å². The van der Waals surface area contributed by atoms with Crippen LogP contribution in [0.2, 0.25) is 0 Å². The van der Waals surface area contributed by atoms with Crippen molar-refractivity contribution in [3.8, 4) is 11.1 Å². The van der Waals surface area contributed by atoms with E-state index in [1.54, 1.807) is 0 Å². The molecule has 39 heavy (non-hydrogen) atoms. The number of thiophene rings is 1. The molecule has 2 N–H and O–H groups in total. The lowest BCUT2D eigenvalue weighted by atomic mass is 9.72. The van der Waals surface area contributed by atoms with Gasteiger partial charge in [-0.2, -0.15) is 0 Å². The van der Waals surface area contributed by atoms with Crippen molar-refractivity contribution in [2.75, 3.05) is 25.5 Å². The van der Waals surface area contributed by atoms with Crippen molar-refractivity contribution in [1.29, 1.82) is 0 Å². The Morgan fingerprint density at radius 2 is 1.46 bits per heavy atom. The van der Waals surface area contributed by atoms with E-state index in [9.17, 15) is 9.90 Å². The third-order valence-electron chi connectivity index (χ3n) is 7.56. The van der Waals surface area contributed by atoms with Gasteiger partial charge in [-0.15, -0.1) is 11.3 Å². The van der Waals surface area contributed by atoms with E-state index < -0.39 is 11.6 Å². The summed E-state index contributed by atoms with van der Waals surface area (Å²) in [4.78, 5) is 16.0. The highest BCUT2D eigenvalue weighted by atomic mass is 32.1. The lowest BCUT2D eigenvalue weighted by molar-refractivity contribution is -0.00631. The number of esters is 1. The van der Waals surface area contributed by atoms with Crippen molar-refractivity contribution in [1.82, 2.24) is 4.90 Å². The number of aryl methyl sites for hydroxylation is 1. The van der Waals surface area contributed by atoms with Gasteiger partial charge in [-0.25, -0.2) is 4.79 Å². The zero-order valence-electron chi connectivity index (χ0n) is 22.1. The van der Waals surface area contributed by atoms with Crippen LogP contribution in [0, 0.1) is 12.8 Å².